The van der Waals surface area contributed by atoms with E-state index in [1.807, 2.05) is 0 Å². The van der Waals surface area contributed by atoms with Crippen LogP contribution < -0.4 is 11.1 Å². The van der Waals surface area contributed by atoms with Crippen molar-refractivity contribution in [2.75, 3.05) is 24.3 Å². The lowest BCUT2D eigenvalue weighted by Crippen LogP contribution is -2.15. The number of carbonyl (C=O) groups excluding carboxylic acids is 1. The summed E-state index contributed by atoms with van der Waals surface area (Å²) in [5.74, 6) is -1.03. The zero-order valence-electron chi connectivity index (χ0n) is 9.46. The Morgan fingerprint density at radius 2 is 2.11 bits per heavy atom. The van der Waals surface area contributed by atoms with Gasteiger partial charge in [-0.3, -0.25) is 4.79 Å². The molecule has 0 aliphatic rings. The second-order valence-electron chi connectivity index (χ2n) is 3.54. The fourth-order valence-electron chi connectivity index (χ4n) is 1.25. The van der Waals surface area contributed by atoms with Crippen LogP contribution in [0.5, 0.6) is 0 Å². The Hall–Kier alpha value is -1.76. The number of nitrogens with two attached hydrogens (primary N) is 1. The van der Waals surface area contributed by atoms with Gasteiger partial charge < -0.3 is 15.8 Å². The number of nitrogens with one attached hydrogen (secondary N) is 1. The Labute approximate surface area is 102 Å². The largest absolute Gasteiger partial charge is 0.399 e. The highest BCUT2D eigenvalue weighted by atomic mass is 19.3. The van der Waals surface area contributed by atoms with Crippen LogP contribution in [0.2, 0.25) is 0 Å². The first kappa shape index (κ1) is 14.3. The molecule has 4 nitrogen and oxygen atoms in total. The van der Waals surface area contributed by atoms with Crippen molar-refractivity contribution in [3.63, 3.8) is 0 Å². The summed E-state index contributed by atoms with van der Waals surface area (Å²) < 4.78 is 40.9. The van der Waals surface area contributed by atoms with Crippen LogP contribution in [0.4, 0.5) is 24.5 Å². The normalized spacial score (nSPS) is 10.7. The number of carbonyl (C=O) groups is 1. The van der Waals surface area contributed by atoms with Crippen LogP contribution >= 0.6 is 0 Å². The van der Waals surface area contributed by atoms with E-state index in [2.05, 4.69) is 10.1 Å². The Bertz CT molecular complexity index is 393. The van der Waals surface area contributed by atoms with E-state index in [-0.39, 0.29) is 24.4 Å². The second-order valence-corrected chi connectivity index (χ2v) is 3.54. The molecule has 0 aromatic heterocycles. The first-order valence-electron chi connectivity index (χ1n) is 5.19. The highest BCUT2D eigenvalue weighted by Crippen LogP contribution is 2.15. The van der Waals surface area contributed by atoms with Crippen LogP contribution in [0.3, 0.4) is 0 Å². The van der Waals surface area contributed by atoms with Crippen LogP contribution in [0.25, 0.3) is 0 Å². The zero-order chi connectivity index (χ0) is 13.5. The molecule has 0 heterocycles. The average molecular weight is 262 g/mol. The van der Waals surface area contributed by atoms with Gasteiger partial charge in [-0.05, 0) is 18.2 Å². The number of alkyl halides is 2. The minimum Gasteiger partial charge on any atom is -0.399 e. The number of benzene rings is 1. The molecule has 1 rings (SSSR count). The summed E-state index contributed by atoms with van der Waals surface area (Å²) in [5.41, 5.74) is 5.78. The van der Waals surface area contributed by atoms with E-state index in [1.54, 1.807) is 0 Å². The average Bonchev–Trinajstić information content (AvgIpc) is 2.22. The van der Waals surface area contributed by atoms with Crippen molar-refractivity contribution < 1.29 is 22.7 Å². The number of halogens is 3. The summed E-state index contributed by atoms with van der Waals surface area (Å²) in [6.07, 6.45) is -2.65. The predicted octanol–water partition coefficient (Wildman–Crippen LogP) is 2.02. The van der Waals surface area contributed by atoms with Gasteiger partial charge in [0.1, 0.15) is 12.4 Å². The number of amides is 1. The Kier molecular flexibility index (Phi) is 5.44. The molecule has 0 saturated heterocycles. The van der Waals surface area contributed by atoms with Gasteiger partial charge in [0.05, 0.1) is 13.0 Å². The standard InChI is InChI=1S/C11H13F3N2O2/c12-7-3-8(15)5-9(4-7)16-11(17)1-2-18-6-10(13)14/h3-5,10H,1-2,6,15H2,(H,16,17). The molecule has 0 atom stereocenters. The van der Waals surface area contributed by atoms with E-state index in [0.717, 1.165) is 12.1 Å². The highest BCUT2D eigenvalue weighted by Gasteiger charge is 2.06. The molecular formula is C11H13F3N2O2. The number of nitrogen functional groups attached to an aromatic ring is 1. The van der Waals surface area contributed by atoms with Crippen LogP contribution in [-0.2, 0) is 9.53 Å². The molecule has 1 amide bonds. The minimum atomic E-state index is -2.56. The third kappa shape index (κ3) is 5.53. The topological polar surface area (TPSA) is 64.3 Å². The van der Waals surface area contributed by atoms with Crippen molar-refractivity contribution in [3.8, 4) is 0 Å². The third-order valence-corrected chi connectivity index (χ3v) is 1.92. The number of hydrogen-bond donors (Lipinski definition) is 2. The molecule has 1 aromatic carbocycles. The summed E-state index contributed by atoms with van der Waals surface area (Å²) in [6, 6.07) is 3.61. The number of hydrogen-bond acceptors (Lipinski definition) is 3. The molecule has 0 saturated carbocycles. The van der Waals surface area contributed by atoms with E-state index < -0.39 is 24.8 Å². The Balaban J connectivity index is 2.35. The van der Waals surface area contributed by atoms with E-state index in [4.69, 9.17) is 5.73 Å². The van der Waals surface area contributed by atoms with E-state index in [1.165, 1.54) is 6.07 Å². The van der Waals surface area contributed by atoms with Gasteiger partial charge in [-0.2, -0.15) is 0 Å². The molecule has 0 aliphatic heterocycles. The summed E-state index contributed by atoms with van der Waals surface area (Å²) in [4.78, 5) is 11.3. The van der Waals surface area contributed by atoms with Crippen LogP contribution in [0.15, 0.2) is 18.2 Å². The van der Waals surface area contributed by atoms with E-state index >= 15 is 0 Å². The molecule has 7 heteroatoms. The number of ether oxygens (including phenoxy) is 1. The Morgan fingerprint density at radius 3 is 2.72 bits per heavy atom. The monoisotopic (exact) mass is 262 g/mol. The fraction of sp³-hybridized carbons (Fsp3) is 0.364. The van der Waals surface area contributed by atoms with Crippen molar-refractivity contribution in [2.24, 2.45) is 0 Å². The molecule has 0 aliphatic carbocycles. The SMILES string of the molecule is Nc1cc(F)cc(NC(=O)CCOCC(F)F)c1. The highest BCUT2D eigenvalue weighted by molar-refractivity contribution is 5.91. The molecule has 0 fully saturated rings. The lowest BCUT2D eigenvalue weighted by Gasteiger charge is -2.07. The van der Waals surface area contributed by atoms with Gasteiger partial charge in [0.15, 0.2) is 0 Å². The summed E-state index contributed by atoms with van der Waals surface area (Å²) in [5, 5.41) is 2.39. The lowest BCUT2D eigenvalue weighted by atomic mass is 10.2. The van der Waals surface area contributed by atoms with Gasteiger partial charge in [0.25, 0.3) is 6.43 Å². The molecule has 18 heavy (non-hydrogen) atoms. The molecule has 0 radical (unpaired) electrons. The van der Waals surface area contributed by atoms with Crippen molar-refractivity contribution in [1.82, 2.24) is 0 Å². The maximum atomic E-state index is 12.9. The molecule has 3 N–H and O–H groups in total. The predicted molar refractivity (Wildman–Crippen MR) is 60.9 cm³/mol. The first-order chi connectivity index (χ1) is 8.47. The number of anilines is 2. The van der Waals surface area contributed by atoms with Gasteiger partial charge in [0.2, 0.25) is 5.91 Å². The quantitative estimate of drug-likeness (QED) is 0.609. The molecular weight excluding hydrogens is 249 g/mol. The van der Waals surface area contributed by atoms with Crippen molar-refractivity contribution in [3.05, 3.63) is 24.0 Å². The summed E-state index contributed by atoms with van der Waals surface area (Å²) in [7, 11) is 0. The summed E-state index contributed by atoms with van der Waals surface area (Å²) in [6.45, 7) is -0.832. The number of rotatable bonds is 6. The van der Waals surface area contributed by atoms with Gasteiger partial charge in [-0.1, -0.05) is 0 Å². The Morgan fingerprint density at radius 1 is 1.39 bits per heavy atom. The zero-order valence-corrected chi connectivity index (χ0v) is 9.46. The smallest absolute Gasteiger partial charge is 0.261 e. The van der Waals surface area contributed by atoms with Crippen molar-refractivity contribution in [1.29, 1.82) is 0 Å². The van der Waals surface area contributed by atoms with Gasteiger partial charge in [-0.15, -0.1) is 0 Å². The molecule has 0 unspecified atom stereocenters. The van der Waals surface area contributed by atoms with Crippen molar-refractivity contribution in [2.45, 2.75) is 12.8 Å². The van der Waals surface area contributed by atoms with Crippen molar-refractivity contribution >= 4 is 17.3 Å². The lowest BCUT2D eigenvalue weighted by molar-refractivity contribution is -0.117. The van der Waals surface area contributed by atoms with Crippen LogP contribution in [0, 0.1) is 5.82 Å². The molecule has 0 spiro atoms. The second kappa shape index (κ2) is 6.85. The fourth-order valence-corrected chi connectivity index (χ4v) is 1.25. The summed E-state index contributed by atoms with van der Waals surface area (Å²) >= 11 is 0. The van der Waals surface area contributed by atoms with Crippen LogP contribution in [0.1, 0.15) is 6.42 Å². The van der Waals surface area contributed by atoms with E-state index in [0.29, 0.717) is 0 Å². The molecule has 1 aromatic rings. The van der Waals surface area contributed by atoms with Crippen LogP contribution in [-0.4, -0.2) is 25.5 Å². The maximum Gasteiger partial charge on any atom is 0.261 e. The molecule has 0 bridgehead atoms. The van der Waals surface area contributed by atoms with Gasteiger partial charge in [0, 0.05) is 11.4 Å². The third-order valence-electron chi connectivity index (χ3n) is 1.92. The first-order valence-corrected chi connectivity index (χ1v) is 5.19. The van der Waals surface area contributed by atoms with Gasteiger partial charge in [-0.25, -0.2) is 13.2 Å². The maximum absolute atomic E-state index is 12.9. The van der Waals surface area contributed by atoms with Gasteiger partial charge >= 0.3 is 0 Å². The molecule has 100 valence electrons. The van der Waals surface area contributed by atoms with E-state index in [9.17, 15) is 18.0 Å². The minimum absolute atomic E-state index is 0.0941.